The van der Waals surface area contributed by atoms with E-state index in [2.05, 4.69) is 25.5 Å². The first-order valence-electron chi connectivity index (χ1n) is 8.52. The van der Waals surface area contributed by atoms with Gasteiger partial charge in [-0.05, 0) is 31.2 Å². The molecule has 0 aliphatic heterocycles. The maximum atomic E-state index is 12.3. The Bertz CT molecular complexity index is 1170. The second-order valence-electron chi connectivity index (χ2n) is 5.96. The highest BCUT2D eigenvalue weighted by Gasteiger charge is 2.15. The Hall–Kier alpha value is -2.91. The third kappa shape index (κ3) is 4.00. The molecule has 142 valence electrons. The number of fused-ring (bicyclic) bond motifs is 1. The van der Waals surface area contributed by atoms with E-state index in [0.29, 0.717) is 21.9 Å². The molecular formula is C19H17N5O2S2. The van der Waals surface area contributed by atoms with Crippen molar-refractivity contribution in [3.05, 3.63) is 64.7 Å². The average Bonchev–Trinajstić information content (AvgIpc) is 3.14. The van der Waals surface area contributed by atoms with E-state index in [1.165, 1.54) is 23.1 Å². The third-order valence-corrected chi connectivity index (χ3v) is 6.05. The summed E-state index contributed by atoms with van der Waals surface area (Å²) in [6.07, 6.45) is 0. The predicted molar refractivity (Wildman–Crippen MR) is 113 cm³/mol. The van der Waals surface area contributed by atoms with Gasteiger partial charge in [-0.2, -0.15) is 0 Å². The van der Waals surface area contributed by atoms with Gasteiger partial charge < -0.3 is 15.0 Å². The zero-order valence-corrected chi connectivity index (χ0v) is 16.8. The molecule has 2 aromatic carbocycles. The molecule has 0 aliphatic rings. The summed E-state index contributed by atoms with van der Waals surface area (Å²) in [5.74, 6) is 1.38. The summed E-state index contributed by atoms with van der Waals surface area (Å²) in [4.78, 5) is 19.7. The number of para-hydroxylation sites is 1. The summed E-state index contributed by atoms with van der Waals surface area (Å²) in [6.45, 7) is 1.98. The van der Waals surface area contributed by atoms with Crippen molar-refractivity contribution in [1.29, 1.82) is 0 Å². The van der Waals surface area contributed by atoms with Crippen molar-refractivity contribution in [1.82, 2.24) is 20.2 Å². The maximum Gasteiger partial charge on any atom is 0.258 e. The highest BCUT2D eigenvalue weighted by Crippen LogP contribution is 2.36. The number of methoxy groups -OCH3 is 1. The van der Waals surface area contributed by atoms with Crippen LogP contribution in [0.2, 0.25) is 0 Å². The predicted octanol–water partition coefficient (Wildman–Crippen LogP) is 4.38. The van der Waals surface area contributed by atoms with Gasteiger partial charge in [0.15, 0.2) is 4.34 Å². The van der Waals surface area contributed by atoms with Gasteiger partial charge in [0.1, 0.15) is 11.6 Å². The summed E-state index contributed by atoms with van der Waals surface area (Å²) in [5.41, 5.74) is 1.43. The van der Waals surface area contributed by atoms with E-state index in [1.54, 1.807) is 13.2 Å². The number of aromatic amines is 1. The molecule has 0 fully saturated rings. The molecule has 9 heteroatoms. The van der Waals surface area contributed by atoms with Crippen LogP contribution in [0.1, 0.15) is 18.0 Å². The van der Waals surface area contributed by atoms with E-state index in [4.69, 9.17) is 4.74 Å². The largest absolute Gasteiger partial charge is 0.497 e. The Morgan fingerprint density at radius 1 is 1.18 bits per heavy atom. The fourth-order valence-corrected chi connectivity index (χ4v) is 4.61. The van der Waals surface area contributed by atoms with E-state index < -0.39 is 0 Å². The SMILES string of the molecule is COc1cccc(Nc2nnc(SC(C)c3nc4ccccc4c(=O)[nH]3)s2)c1. The molecule has 2 heterocycles. The van der Waals surface area contributed by atoms with Gasteiger partial charge in [-0.3, -0.25) is 4.79 Å². The zero-order chi connectivity index (χ0) is 19.5. The van der Waals surface area contributed by atoms with E-state index in [-0.39, 0.29) is 10.8 Å². The number of benzene rings is 2. The second-order valence-corrected chi connectivity index (χ2v) is 8.52. The van der Waals surface area contributed by atoms with Gasteiger partial charge in [-0.15, -0.1) is 10.2 Å². The second kappa shape index (κ2) is 7.99. The van der Waals surface area contributed by atoms with Crippen LogP contribution in [0, 0.1) is 0 Å². The van der Waals surface area contributed by atoms with Crippen molar-refractivity contribution in [3.63, 3.8) is 0 Å². The molecule has 0 bridgehead atoms. The Kier molecular flexibility index (Phi) is 5.27. The maximum absolute atomic E-state index is 12.3. The first kappa shape index (κ1) is 18.5. The van der Waals surface area contributed by atoms with Crippen molar-refractivity contribution >= 4 is 44.8 Å². The molecule has 1 unspecified atom stereocenters. The van der Waals surface area contributed by atoms with Crippen LogP contribution in [0.5, 0.6) is 5.75 Å². The number of nitrogens with zero attached hydrogens (tertiary/aromatic N) is 3. The normalized spacial score (nSPS) is 12.1. The first-order chi connectivity index (χ1) is 13.6. The number of aromatic nitrogens is 4. The van der Waals surface area contributed by atoms with Gasteiger partial charge >= 0.3 is 0 Å². The van der Waals surface area contributed by atoms with Crippen LogP contribution < -0.4 is 15.6 Å². The Labute approximate surface area is 169 Å². The fourth-order valence-electron chi connectivity index (χ4n) is 2.64. The smallest absolute Gasteiger partial charge is 0.258 e. The number of H-pyrrole nitrogens is 1. The van der Waals surface area contributed by atoms with Crippen LogP contribution in [-0.2, 0) is 0 Å². The number of ether oxygens (including phenoxy) is 1. The highest BCUT2D eigenvalue weighted by atomic mass is 32.2. The molecule has 0 spiro atoms. The standard InChI is InChI=1S/C19H17N5O2S2/c1-11(16-21-15-9-4-3-8-14(15)17(25)22-16)27-19-24-23-18(28-19)20-12-6-5-7-13(10-12)26-2/h3-11H,1-2H3,(H,20,23)(H,21,22,25). The van der Waals surface area contributed by atoms with E-state index in [9.17, 15) is 4.79 Å². The Morgan fingerprint density at radius 2 is 2.04 bits per heavy atom. The lowest BCUT2D eigenvalue weighted by atomic mass is 10.2. The van der Waals surface area contributed by atoms with Crippen LogP contribution in [-0.4, -0.2) is 27.3 Å². The van der Waals surface area contributed by atoms with Gasteiger partial charge in [0, 0.05) is 11.8 Å². The molecule has 0 aliphatic carbocycles. The minimum absolute atomic E-state index is 0.0741. The zero-order valence-electron chi connectivity index (χ0n) is 15.2. The van der Waals surface area contributed by atoms with E-state index in [0.717, 1.165) is 15.8 Å². The van der Waals surface area contributed by atoms with Crippen molar-refractivity contribution in [2.45, 2.75) is 16.5 Å². The van der Waals surface area contributed by atoms with Gasteiger partial charge in [-0.1, -0.05) is 41.3 Å². The van der Waals surface area contributed by atoms with E-state index in [1.807, 2.05) is 49.4 Å². The van der Waals surface area contributed by atoms with Crippen molar-refractivity contribution < 1.29 is 4.74 Å². The van der Waals surface area contributed by atoms with Crippen LogP contribution in [0.15, 0.2) is 57.7 Å². The van der Waals surface area contributed by atoms with Crippen molar-refractivity contribution in [3.8, 4) is 5.75 Å². The monoisotopic (exact) mass is 411 g/mol. The quantitative estimate of drug-likeness (QED) is 0.455. The molecule has 2 N–H and O–H groups in total. The molecule has 0 saturated heterocycles. The van der Waals surface area contributed by atoms with Gasteiger partial charge in [-0.25, -0.2) is 4.98 Å². The molecule has 7 nitrogen and oxygen atoms in total. The van der Waals surface area contributed by atoms with E-state index >= 15 is 0 Å². The Morgan fingerprint density at radius 3 is 2.89 bits per heavy atom. The van der Waals surface area contributed by atoms with Gasteiger partial charge in [0.2, 0.25) is 5.13 Å². The molecule has 0 saturated carbocycles. The average molecular weight is 412 g/mol. The highest BCUT2D eigenvalue weighted by molar-refractivity contribution is 8.01. The molecular weight excluding hydrogens is 394 g/mol. The lowest BCUT2D eigenvalue weighted by molar-refractivity contribution is 0.415. The molecule has 4 rings (SSSR count). The minimum Gasteiger partial charge on any atom is -0.497 e. The molecule has 0 amide bonds. The number of hydrogen-bond acceptors (Lipinski definition) is 8. The summed E-state index contributed by atoms with van der Waals surface area (Å²) in [7, 11) is 1.63. The minimum atomic E-state index is -0.134. The Balaban J connectivity index is 1.49. The van der Waals surface area contributed by atoms with Crippen LogP contribution in [0.3, 0.4) is 0 Å². The molecule has 4 aromatic rings. The van der Waals surface area contributed by atoms with Crippen LogP contribution >= 0.6 is 23.1 Å². The number of anilines is 2. The number of hydrogen-bond donors (Lipinski definition) is 2. The fraction of sp³-hybridized carbons (Fsp3) is 0.158. The third-order valence-electron chi connectivity index (χ3n) is 4.02. The lowest BCUT2D eigenvalue weighted by Gasteiger charge is -2.09. The van der Waals surface area contributed by atoms with Crippen molar-refractivity contribution in [2.75, 3.05) is 12.4 Å². The summed E-state index contributed by atoms with van der Waals surface area (Å²) in [5, 5.41) is 12.8. The molecule has 28 heavy (non-hydrogen) atoms. The summed E-state index contributed by atoms with van der Waals surface area (Å²) in [6, 6.07) is 14.9. The lowest BCUT2D eigenvalue weighted by Crippen LogP contribution is -2.12. The topological polar surface area (TPSA) is 92.8 Å². The number of thioether (sulfide) groups is 1. The van der Waals surface area contributed by atoms with Gasteiger partial charge in [0.25, 0.3) is 5.56 Å². The van der Waals surface area contributed by atoms with Gasteiger partial charge in [0.05, 0.1) is 23.3 Å². The summed E-state index contributed by atoms with van der Waals surface area (Å²) >= 11 is 2.94. The molecule has 2 aromatic heterocycles. The summed E-state index contributed by atoms with van der Waals surface area (Å²) < 4.78 is 6.01. The van der Waals surface area contributed by atoms with Crippen molar-refractivity contribution in [2.24, 2.45) is 0 Å². The molecule has 1 atom stereocenters. The van der Waals surface area contributed by atoms with Crippen LogP contribution in [0.25, 0.3) is 10.9 Å². The number of nitrogens with one attached hydrogen (secondary N) is 2. The first-order valence-corrected chi connectivity index (χ1v) is 10.2. The number of rotatable bonds is 6. The van der Waals surface area contributed by atoms with Crippen LogP contribution in [0.4, 0.5) is 10.8 Å². The molecule has 0 radical (unpaired) electrons.